The molecule has 0 unspecified atom stereocenters. The molecule has 1 aliphatic rings. The maximum Gasteiger partial charge on any atom is 0.340 e. The molecule has 0 fully saturated rings. The molecule has 2 heterocycles. The third-order valence-corrected chi connectivity index (χ3v) is 5.81. The van der Waals surface area contributed by atoms with Crippen LogP contribution in [0.1, 0.15) is 44.4 Å². The van der Waals surface area contributed by atoms with E-state index < -0.39 is 27.3 Å². The molecule has 0 saturated carbocycles. The molecule has 0 atom stereocenters. The molecule has 0 aliphatic carbocycles. The summed E-state index contributed by atoms with van der Waals surface area (Å²) >= 11 is 0. The van der Waals surface area contributed by atoms with Gasteiger partial charge in [0.1, 0.15) is 11.3 Å². The number of rotatable bonds is 6. The molecule has 9 heteroatoms. The maximum atomic E-state index is 12.6. The van der Waals surface area contributed by atoms with Crippen molar-refractivity contribution in [2.24, 2.45) is 0 Å². The van der Waals surface area contributed by atoms with Gasteiger partial charge in [-0.15, -0.1) is 0 Å². The Balaban J connectivity index is 2.28. The first-order valence-electron chi connectivity index (χ1n) is 10.0. The Labute approximate surface area is 181 Å². The molecular weight excluding hydrogens is 422 g/mol. The molecule has 0 bridgehead atoms. The zero-order chi connectivity index (χ0) is 23.1. The second-order valence-corrected chi connectivity index (χ2v) is 9.61. The highest BCUT2D eigenvalue weighted by Crippen LogP contribution is 2.42. The van der Waals surface area contributed by atoms with Crippen LogP contribution in [0.4, 0.5) is 5.69 Å². The Kier molecular flexibility index (Phi) is 5.92. The largest absolute Gasteiger partial charge is 0.466 e. The quantitative estimate of drug-likeness (QED) is 0.376. The van der Waals surface area contributed by atoms with E-state index >= 15 is 0 Å². The number of hydrogen-bond donors (Lipinski definition) is 0. The molecule has 0 N–H and O–H groups in total. The fourth-order valence-electron chi connectivity index (χ4n) is 4.00. The van der Waals surface area contributed by atoms with Crippen molar-refractivity contribution in [2.75, 3.05) is 24.3 Å². The average Bonchev–Trinajstić information content (AvgIpc) is 2.63. The van der Waals surface area contributed by atoms with Gasteiger partial charge in [-0.1, -0.05) is 0 Å². The molecule has 31 heavy (non-hydrogen) atoms. The Bertz CT molecular complexity index is 1240. The summed E-state index contributed by atoms with van der Waals surface area (Å²) in [5, 5.41) is 0.594. The minimum absolute atomic E-state index is 0.203. The van der Waals surface area contributed by atoms with Crippen LogP contribution in [0.2, 0.25) is 0 Å². The lowest BCUT2D eigenvalue weighted by Crippen LogP contribution is -2.45. The summed E-state index contributed by atoms with van der Waals surface area (Å²) in [5.74, 6) is -0.304. The van der Waals surface area contributed by atoms with Crippen LogP contribution in [0.25, 0.3) is 16.7 Å². The van der Waals surface area contributed by atoms with Gasteiger partial charge in [0.25, 0.3) is 0 Å². The van der Waals surface area contributed by atoms with E-state index in [1.807, 2.05) is 20.8 Å². The Hall–Kier alpha value is -2.81. The van der Waals surface area contributed by atoms with Crippen molar-refractivity contribution in [3.05, 3.63) is 45.3 Å². The maximum absolute atomic E-state index is 12.6. The summed E-state index contributed by atoms with van der Waals surface area (Å²) < 4.78 is 39.6. The minimum atomic E-state index is -3.76. The van der Waals surface area contributed by atoms with Gasteiger partial charge in [0.2, 0.25) is 0 Å². The molecule has 1 aliphatic heterocycles. The molecule has 0 amide bonds. The van der Waals surface area contributed by atoms with E-state index in [1.54, 1.807) is 32.1 Å². The number of ether oxygens (including phenoxy) is 1. The Morgan fingerprint density at radius 2 is 1.90 bits per heavy atom. The molecule has 0 spiro atoms. The van der Waals surface area contributed by atoms with Crippen molar-refractivity contribution in [1.29, 1.82) is 0 Å². The fraction of sp³-hybridized carbons (Fsp3) is 0.455. The first kappa shape index (κ1) is 22.9. The van der Waals surface area contributed by atoms with E-state index in [0.29, 0.717) is 34.3 Å². The van der Waals surface area contributed by atoms with Crippen molar-refractivity contribution < 1.29 is 26.5 Å². The number of anilines is 1. The monoisotopic (exact) mass is 449 g/mol. The van der Waals surface area contributed by atoms with Gasteiger partial charge < -0.3 is 18.2 Å². The van der Waals surface area contributed by atoms with Crippen LogP contribution in [0, 0.1) is 6.92 Å². The van der Waals surface area contributed by atoms with Crippen LogP contribution in [0.5, 0.6) is 0 Å². The van der Waals surface area contributed by atoms with Crippen molar-refractivity contribution in [2.45, 2.75) is 46.6 Å². The van der Waals surface area contributed by atoms with Gasteiger partial charge in [0.05, 0.1) is 36.1 Å². The number of fused-ring (bicyclic) bond motifs is 2. The van der Waals surface area contributed by atoms with E-state index in [1.165, 1.54) is 0 Å². The number of benzene rings is 1. The number of nitrogens with zero attached hydrogens (tertiary/aromatic N) is 1. The molecule has 1 aromatic carbocycles. The van der Waals surface area contributed by atoms with Crippen LogP contribution in [-0.2, 0) is 30.3 Å². The van der Waals surface area contributed by atoms with Gasteiger partial charge in [-0.2, -0.15) is 8.42 Å². The third-order valence-electron chi connectivity index (χ3n) is 5.32. The van der Waals surface area contributed by atoms with Gasteiger partial charge in [0.15, 0.2) is 0 Å². The van der Waals surface area contributed by atoms with E-state index in [-0.39, 0.29) is 24.4 Å². The van der Waals surface area contributed by atoms with Crippen molar-refractivity contribution in [3.8, 4) is 0 Å². The average molecular weight is 450 g/mol. The lowest BCUT2D eigenvalue weighted by atomic mass is 9.90. The van der Waals surface area contributed by atoms with Crippen molar-refractivity contribution in [3.63, 3.8) is 0 Å². The van der Waals surface area contributed by atoms with Gasteiger partial charge in [-0.3, -0.25) is 4.79 Å². The van der Waals surface area contributed by atoms with Crippen molar-refractivity contribution in [1.82, 2.24) is 0 Å². The van der Waals surface area contributed by atoms with Crippen LogP contribution in [-0.4, -0.2) is 39.3 Å². The zero-order valence-corrected chi connectivity index (χ0v) is 19.4. The summed E-state index contributed by atoms with van der Waals surface area (Å²) in [6.07, 6.45) is 2.56. The molecule has 3 rings (SSSR count). The standard InChI is InChI=1S/C22H27NO7S/c1-7-23-17-11-18-14(13(3)15(21(25)29-18)10-20(24)28-8-2)9-16(17)19(12-22(23,4)5)30-31(6,26)27/h9,11-12H,7-8,10H2,1-6H3. The number of likely N-dealkylation sites (N-methyl/N-ethyl adjacent to an activating group) is 1. The smallest absolute Gasteiger partial charge is 0.340 e. The predicted molar refractivity (Wildman–Crippen MR) is 119 cm³/mol. The first-order valence-corrected chi connectivity index (χ1v) is 11.9. The number of aryl methyl sites for hydroxylation is 1. The highest BCUT2D eigenvalue weighted by atomic mass is 32.2. The Morgan fingerprint density at radius 3 is 2.48 bits per heavy atom. The predicted octanol–water partition coefficient (Wildman–Crippen LogP) is 3.14. The highest BCUT2D eigenvalue weighted by molar-refractivity contribution is 7.86. The lowest BCUT2D eigenvalue weighted by molar-refractivity contribution is -0.142. The molecule has 1 aromatic heterocycles. The van der Waals surface area contributed by atoms with Gasteiger partial charge >= 0.3 is 21.7 Å². The van der Waals surface area contributed by atoms with Crippen molar-refractivity contribution >= 4 is 38.5 Å². The van der Waals surface area contributed by atoms with Gasteiger partial charge in [-0.05, 0) is 52.3 Å². The fourth-order valence-corrected chi connectivity index (χ4v) is 4.47. The molecule has 0 saturated heterocycles. The van der Waals surface area contributed by atoms with Crippen LogP contribution in [0.3, 0.4) is 0 Å². The van der Waals surface area contributed by atoms with E-state index in [4.69, 9.17) is 13.3 Å². The number of esters is 1. The normalized spacial score (nSPS) is 15.4. The topological polar surface area (TPSA) is 103 Å². The summed E-state index contributed by atoms with van der Waals surface area (Å²) in [6, 6.07) is 3.46. The second kappa shape index (κ2) is 8.03. The third kappa shape index (κ3) is 4.46. The van der Waals surface area contributed by atoms with Crippen LogP contribution in [0.15, 0.2) is 27.4 Å². The Morgan fingerprint density at radius 1 is 1.23 bits per heavy atom. The number of carbonyl (C=O) groups excluding carboxylic acids is 1. The molecule has 2 aromatic rings. The summed E-state index contributed by atoms with van der Waals surface area (Å²) in [7, 11) is -3.76. The second-order valence-electron chi connectivity index (χ2n) is 8.03. The van der Waals surface area contributed by atoms with E-state index in [9.17, 15) is 18.0 Å². The molecular formula is C22H27NO7S. The van der Waals surface area contributed by atoms with Gasteiger partial charge in [-0.25, -0.2) is 4.79 Å². The van der Waals surface area contributed by atoms with Crippen LogP contribution < -0.4 is 10.5 Å². The molecule has 0 radical (unpaired) electrons. The van der Waals surface area contributed by atoms with E-state index in [0.717, 1.165) is 6.26 Å². The lowest BCUT2D eigenvalue weighted by Gasteiger charge is -2.42. The minimum Gasteiger partial charge on any atom is -0.466 e. The number of hydrogen-bond acceptors (Lipinski definition) is 8. The molecule has 8 nitrogen and oxygen atoms in total. The van der Waals surface area contributed by atoms with Crippen LogP contribution >= 0.6 is 0 Å². The number of carbonyl (C=O) groups is 1. The highest BCUT2D eigenvalue weighted by Gasteiger charge is 2.34. The van der Waals surface area contributed by atoms with Gasteiger partial charge in [0, 0.05) is 23.6 Å². The van der Waals surface area contributed by atoms with E-state index in [2.05, 4.69) is 4.90 Å². The SMILES string of the molecule is CCOC(=O)Cc1c(C)c2cc3c(cc2oc1=O)N(CC)C(C)(C)C=C3OS(C)(=O)=O. The molecule has 168 valence electrons. The first-order chi connectivity index (χ1) is 14.4. The zero-order valence-electron chi connectivity index (χ0n) is 18.6. The summed E-state index contributed by atoms with van der Waals surface area (Å²) in [4.78, 5) is 26.6. The summed E-state index contributed by atoms with van der Waals surface area (Å²) in [5.41, 5.74) is 1.27. The summed E-state index contributed by atoms with van der Waals surface area (Å²) in [6.45, 7) is 10.1.